The Hall–Kier alpha value is -2.47. The van der Waals surface area contributed by atoms with Gasteiger partial charge in [0.15, 0.2) is 0 Å². The number of nitrogens with zero attached hydrogens (tertiary/aromatic N) is 1. The van der Waals surface area contributed by atoms with Gasteiger partial charge in [0.2, 0.25) is 11.8 Å². The molecule has 2 aromatic carbocycles. The highest BCUT2D eigenvalue weighted by molar-refractivity contribution is 7.83. The van der Waals surface area contributed by atoms with Crippen LogP contribution >= 0.6 is 0 Å². The summed E-state index contributed by atoms with van der Waals surface area (Å²) in [5.74, 6) is 0.0689. The van der Waals surface area contributed by atoms with Crippen molar-refractivity contribution in [1.82, 2.24) is 0 Å². The van der Waals surface area contributed by atoms with Crippen molar-refractivity contribution in [2.45, 2.75) is 25.1 Å². The van der Waals surface area contributed by atoms with Crippen molar-refractivity contribution in [3.8, 4) is 0 Å². The summed E-state index contributed by atoms with van der Waals surface area (Å²) >= 11 is 0. The van der Waals surface area contributed by atoms with E-state index in [0.29, 0.717) is 17.9 Å². The molecular weight excluding hydrogens is 336 g/mol. The Kier molecular flexibility index (Phi) is 4.99. The predicted octanol–water partition coefficient (Wildman–Crippen LogP) is 2.48. The van der Waals surface area contributed by atoms with E-state index >= 15 is 0 Å². The van der Waals surface area contributed by atoms with E-state index in [1.807, 2.05) is 42.5 Å². The van der Waals surface area contributed by atoms with Crippen LogP contribution in [-0.2, 0) is 32.6 Å². The largest absolute Gasteiger partial charge is 0.324 e. The molecule has 25 heavy (non-hydrogen) atoms. The monoisotopic (exact) mass is 356 g/mol. The molecule has 0 radical (unpaired) electrons. The summed E-state index contributed by atoms with van der Waals surface area (Å²) in [6.07, 6.45) is 2.14. The number of para-hydroxylation sites is 1. The van der Waals surface area contributed by atoms with Gasteiger partial charge in [0.1, 0.15) is 6.04 Å². The molecule has 1 unspecified atom stereocenters. The Bertz CT molecular complexity index is 850. The van der Waals surface area contributed by atoms with Crippen molar-refractivity contribution in [3.63, 3.8) is 0 Å². The SMILES string of the molecule is CC(=O)N1c2ccccc2C[C@H]1C(=O)Nc1cccc(CS(C)=O)c1. The van der Waals surface area contributed by atoms with Gasteiger partial charge < -0.3 is 5.32 Å². The van der Waals surface area contributed by atoms with E-state index in [1.54, 1.807) is 17.2 Å². The molecule has 5 nitrogen and oxygen atoms in total. The van der Waals surface area contributed by atoms with Crippen molar-refractivity contribution >= 4 is 34.0 Å². The Labute approximate surface area is 149 Å². The highest BCUT2D eigenvalue weighted by atomic mass is 32.2. The van der Waals surface area contributed by atoms with Crippen molar-refractivity contribution in [2.24, 2.45) is 0 Å². The van der Waals surface area contributed by atoms with Crippen LogP contribution in [0.25, 0.3) is 0 Å². The molecule has 0 aromatic heterocycles. The van der Waals surface area contributed by atoms with Crippen LogP contribution in [0, 0.1) is 0 Å². The number of hydrogen-bond acceptors (Lipinski definition) is 3. The van der Waals surface area contributed by atoms with Crippen LogP contribution in [0.5, 0.6) is 0 Å². The van der Waals surface area contributed by atoms with Crippen LogP contribution in [0.3, 0.4) is 0 Å². The predicted molar refractivity (Wildman–Crippen MR) is 99.9 cm³/mol. The lowest BCUT2D eigenvalue weighted by Gasteiger charge is -2.23. The zero-order valence-electron chi connectivity index (χ0n) is 14.2. The van der Waals surface area contributed by atoms with Crippen LogP contribution in [0.1, 0.15) is 18.1 Å². The summed E-state index contributed by atoms with van der Waals surface area (Å²) in [4.78, 5) is 26.4. The van der Waals surface area contributed by atoms with E-state index in [9.17, 15) is 13.8 Å². The summed E-state index contributed by atoms with van der Waals surface area (Å²) in [5, 5.41) is 2.89. The first kappa shape index (κ1) is 17.4. The molecule has 1 N–H and O–H groups in total. The Balaban J connectivity index is 1.80. The summed E-state index contributed by atoms with van der Waals surface area (Å²) in [7, 11) is -0.944. The molecule has 0 saturated heterocycles. The van der Waals surface area contributed by atoms with Gasteiger partial charge in [-0.3, -0.25) is 18.7 Å². The van der Waals surface area contributed by atoms with Crippen LogP contribution in [0.2, 0.25) is 0 Å². The van der Waals surface area contributed by atoms with Gasteiger partial charge in [0.25, 0.3) is 0 Å². The molecule has 1 heterocycles. The molecule has 1 aliphatic rings. The van der Waals surface area contributed by atoms with Gasteiger partial charge in [-0.1, -0.05) is 30.3 Å². The van der Waals surface area contributed by atoms with E-state index in [1.165, 1.54) is 6.92 Å². The number of carbonyl (C=O) groups excluding carboxylic acids is 2. The third-order valence-corrected chi connectivity index (χ3v) is 4.92. The highest BCUT2D eigenvalue weighted by Crippen LogP contribution is 2.32. The lowest BCUT2D eigenvalue weighted by Crippen LogP contribution is -2.44. The highest BCUT2D eigenvalue weighted by Gasteiger charge is 2.36. The number of benzene rings is 2. The van der Waals surface area contributed by atoms with Crippen LogP contribution in [-0.4, -0.2) is 28.3 Å². The first-order valence-corrected chi connectivity index (χ1v) is 9.76. The number of carbonyl (C=O) groups is 2. The fourth-order valence-corrected chi connectivity index (χ4v) is 3.83. The topological polar surface area (TPSA) is 66.5 Å². The summed E-state index contributed by atoms with van der Waals surface area (Å²) in [6.45, 7) is 1.47. The van der Waals surface area contributed by atoms with Crippen molar-refractivity contribution in [3.05, 3.63) is 59.7 Å². The second-order valence-corrected chi connectivity index (χ2v) is 7.58. The standard InChI is InChI=1S/C19H20N2O3S/c1-13(22)21-17-9-4-3-7-15(17)11-18(21)19(23)20-16-8-5-6-14(10-16)12-25(2)24/h3-10,18H,11-12H2,1-2H3,(H,20,23)/t18-,25?/m0/s1. The van der Waals surface area contributed by atoms with Gasteiger partial charge in [-0.05, 0) is 29.3 Å². The minimum atomic E-state index is -0.944. The van der Waals surface area contributed by atoms with Crippen molar-refractivity contribution in [1.29, 1.82) is 0 Å². The van der Waals surface area contributed by atoms with Gasteiger partial charge in [-0.25, -0.2) is 0 Å². The molecule has 6 heteroatoms. The molecule has 2 aromatic rings. The van der Waals surface area contributed by atoms with Gasteiger partial charge >= 0.3 is 0 Å². The average Bonchev–Trinajstić information content (AvgIpc) is 2.94. The van der Waals surface area contributed by atoms with Crippen LogP contribution in [0.15, 0.2) is 48.5 Å². The number of nitrogens with one attached hydrogen (secondary N) is 1. The number of fused-ring (bicyclic) bond motifs is 1. The smallest absolute Gasteiger partial charge is 0.247 e. The average molecular weight is 356 g/mol. The fourth-order valence-electron chi connectivity index (χ4n) is 3.18. The zero-order valence-corrected chi connectivity index (χ0v) is 15.0. The molecule has 0 saturated carbocycles. The normalized spacial score (nSPS) is 17.0. The molecule has 2 amide bonds. The maximum absolute atomic E-state index is 12.8. The third-order valence-electron chi connectivity index (χ3n) is 4.18. The number of hydrogen-bond donors (Lipinski definition) is 1. The summed E-state index contributed by atoms with van der Waals surface area (Å²) in [5.41, 5.74) is 3.34. The van der Waals surface area contributed by atoms with E-state index in [-0.39, 0.29) is 11.8 Å². The van der Waals surface area contributed by atoms with E-state index in [2.05, 4.69) is 5.32 Å². The Morgan fingerprint density at radius 3 is 2.68 bits per heavy atom. The zero-order chi connectivity index (χ0) is 18.0. The van der Waals surface area contributed by atoms with E-state index < -0.39 is 16.8 Å². The molecular formula is C19H20N2O3S. The molecule has 1 aliphatic heterocycles. The number of anilines is 2. The van der Waals surface area contributed by atoms with Crippen molar-refractivity contribution in [2.75, 3.05) is 16.5 Å². The molecule has 3 rings (SSSR count). The Morgan fingerprint density at radius 1 is 1.20 bits per heavy atom. The van der Waals surface area contributed by atoms with Gasteiger partial charge in [-0.2, -0.15) is 0 Å². The lowest BCUT2D eigenvalue weighted by molar-refractivity contribution is -0.122. The van der Waals surface area contributed by atoms with E-state index in [0.717, 1.165) is 16.8 Å². The molecule has 2 atom stereocenters. The quantitative estimate of drug-likeness (QED) is 0.915. The van der Waals surface area contributed by atoms with Crippen LogP contribution < -0.4 is 10.2 Å². The number of rotatable bonds is 4. The maximum Gasteiger partial charge on any atom is 0.247 e. The number of amides is 2. The van der Waals surface area contributed by atoms with Crippen molar-refractivity contribution < 1.29 is 13.8 Å². The fraction of sp³-hybridized carbons (Fsp3) is 0.263. The first-order valence-electron chi connectivity index (χ1n) is 8.03. The second kappa shape index (κ2) is 7.19. The summed E-state index contributed by atoms with van der Waals surface area (Å²) in [6, 6.07) is 14.3. The van der Waals surface area contributed by atoms with E-state index in [4.69, 9.17) is 0 Å². The molecule has 0 fully saturated rings. The molecule has 0 aliphatic carbocycles. The maximum atomic E-state index is 12.8. The summed E-state index contributed by atoms with van der Waals surface area (Å²) < 4.78 is 11.4. The minimum absolute atomic E-state index is 0.153. The van der Waals surface area contributed by atoms with Gasteiger partial charge in [0.05, 0.1) is 0 Å². The molecule has 130 valence electrons. The second-order valence-electron chi connectivity index (χ2n) is 6.14. The van der Waals surface area contributed by atoms with Crippen LogP contribution in [0.4, 0.5) is 11.4 Å². The Morgan fingerprint density at radius 2 is 1.96 bits per heavy atom. The van der Waals surface area contributed by atoms with Gasteiger partial charge in [-0.15, -0.1) is 0 Å². The third kappa shape index (κ3) is 3.79. The molecule has 0 spiro atoms. The molecule has 0 bridgehead atoms. The van der Waals surface area contributed by atoms with Gasteiger partial charge in [0, 0.05) is 47.5 Å². The lowest BCUT2D eigenvalue weighted by atomic mass is 10.1. The minimum Gasteiger partial charge on any atom is -0.324 e. The first-order chi connectivity index (χ1) is 12.0.